The van der Waals surface area contributed by atoms with Crippen LogP contribution in [0.3, 0.4) is 0 Å². The second-order valence-corrected chi connectivity index (χ2v) is 3.38. The van der Waals surface area contributed by atoms with Gasteiger partial charge < -0.3 is 9.26 Å². The van der Waals surface area contributed by atoms with E-state index in [1.54, 1.807) is 20.8 Å². The third kappa shape index (κ3) is 2.18. The van der Waals surface area contributed by atoms with E-state index in [2.05, 4.69) is 9.89 Å². The Hall–Kier alpha value is -1.92. The number of esters is 1. The molecule has 0 fully saturated rings. The van der Waals surface area contributed by atoms with Crippen LogP contribution in [0.2, 0.25) is 0 Å². The van der Waals surface area contributed by atoms with Crippen LogP contribution < -0.4 is 0 Å². The third-order valence-corrected chi connectivity index (χ3v) is 1.87. The second kappa shape index (κ2) is 4.73. The molecule has 0 saturated carbocycles. The number of ether oxygens (including phenoxy) is 1. The molecule has 0 N–H and O–H groups in total. The summed E-state index contributed by atoms with van der Waals surface area (Å²) in [5.41, 5.74) is -0.788. The Labute approximate surface area is 91.5 Å². The number of hydrogen-bond acceptors (Lipinski definition) is 6. The predicted molar refractivity (Wildman–Crippen MR) is 53.2 cm³/mol. The van der Waals surface area contributed by atoms with E-state index in [1.165, 1.54) is 0 Å². The quantitative estimate of drug-likeness (QED) is 0.443. The normalized spacial score (nSPS) is 10.5. The van der Waals surface area contributed by atoms with Gasteiger partial charge in [-0.05, 0) is 6.92 Å². The van der Waals surface area contributed by atoms with Gasteiger partial charge in [-0.2, -0.15) is 0 Å². The van der Waals surface area contributed by atoms with Crippen LogP contribution in [-0.2, 0) is 4.74 Å². The molecule has 1 aromatic rings. The SMILES string of the molecule is CCOC(=O)c1noc(C(C)C)c1[N+](=O)[O-]. The van der Waals surface area contributed by atoms with Gasteiger partial charge in [0.05, 0.1) is 11.5 Å². The van der Waals surface area contributed by atoms with Crippen molar-refractivity contribution in [1.29, 1.82) is 0 Å². The zero-order chi connectivity index (χ0) is 12.3. The lowest BCUT2D eigenvalue weighted by atomic mass is 10.1. The molecule has 88 valence electrons. The van der Waals surface area contributed by atoms with Crippen molar-refractivity contribution in [1.82, 2.24) is 5.16 Å². The highest BCUT2D eigenvalue weighted by atomic mass is 16.6. The molecule has 0 bridgehead atoms. The summed E-state index contributed by atoms with van der Waals surface area (Å²) in [6.45, 7) is 5.15. The van der Waals surface area contributed by atoms with Crippen LogP contribution in [0.1, 0.15) is 42.9 Å². The minimum atomic E-state index is -0.843. The van der Waals surface area contributed by atoms with Gasteiger partial charge in [-0.3, -0.25) is 10.1 Å². The summed E-state index contributed by atoms with van der Waals surface area (Å²) >= 11 is 0. The van der Waals surface area contributed by atoms with Crippen molar-refractivity contribution in [3.63, 3.8) is 0 Å². The highest BCUT2D eigenvalue weighted by Gasteiger charge is 2.33. The highest BCUT2D eigenvalue weighted by Crippen LogP contribution is 2.29. The maximum atomic E-state index is 11.4. The Bertz CT molecular complexity index is 410. The van der Waals surface area contributed by atoms with Crippen LogP contribution in [-0.4, -0.2) is 22.7 Å². The Morgan fingerprint density at radius 2 is 2.25 bits per heavy atom. The minimum Gasteiger partial charge on any atom is -0.461 e. The van der Waals surface area contributed by atoms with Crippen molar-refractivity contribution in [3.8, 4) is 0 Å². The smallest absolute Gasteiger partial charge is 0.367 e. The molecular weight excluding hydrogens is 216 g/mol. The van der Waals surface area contributed by atoms with Crippen molar-refractivity contribution >= 4 is 11.7 Å². The van der Waals surface area contributed by atoms with E-state index in [1.807, 2.05) is 0 Å². The van der Waals surface area contributed by atoms with Crippen LogP contribution in [0.4, 0.5) is 5.69 Å². The van der Waals surface area contributed by atoms with Gasteiger partial charge in [-0.15, -0.1) is 0 Å². The molecule has 0 spiro atoms. The fourth-order valence-corrected chi connectivity index (χ4v) is 1.19. The van der Waals surface area contributed by atoms with E-state index in [0.717, 1.165) is 0 Å². The maximum absolute atomic E-state index is 11.4. The lowest BCUT2D eigenvalue weighted by Crippen LogP contribution is -2.08. The van der Waals surface area contributed by atoms with Crippen molar-refractivity contribution in [2.24, 2.45) is 0 Å². The molecule has 0 amide bonds. The second-order valence-electron chi connectivity index (χ2n) is 3.38. The average molecular weight is 228 g/mol. The highest BCUT2D eigenvalue weighted by molar-refractivity contribution is 5.91. The van der Waals surface area contributed by atoms with Gasteiger partial charge in [-0.1, -0.05) is 19.0 Å². The molecule has 1 heterocycles. The largest absolute Gasteiger partial charge is 0.461 e. The first-order valence-corrected chi connectivity index (χ1v) is 4.80. The Balaban J connectivity index is 3.20. The molecule has 1 rings (SSSR count). The standard InChI is InChI=1S/C9H12N2O5/c1-4-15-9(12)6-7(11(13)14)8(5(2)3)16-10-6/h5H,4H2,1-3H3. The summed E-state index contributed by atoms with van der Waals surface area (Å²) in [6, 6.07) is 0. The fourth-order valence-electron chi connectivity index (χ4n) is 1.19. The van der Waals surface area contributed by atoms with E-state index in [4.69, 9.17) is 4.52 Å². The summed E-state index contributed by atoms with van der Waals surface area (Å²) in [5, 5.41) is 14.2. The van der Waals surface area contributed by atoms with Gasteiger partial charge in [0.1, 0.15) is 0 Å². The van der Waals surface area contributed by atoms with Crippen LogP contribution in [0, 0.1) is 10.1 Å². The topological polar surface area (TPSA) is 95.5 Å². The van der Waals surface area contributed by atoms with Crippen LogP contribution in [0.25, 0.3) is 0 Å². The third-order valence-electron chi connectivity index (χ3n) is 1.87. The van der Waals surface area contributed by atoms with Crippen molar-refractivity contribution in [2.45, 2.75) is 26.7 Å². The number of carbonyl (C=O) groups excluding carboxylic acids is 1. The molecule has 16 heavy (non-hydrogen) atoms. The van der Waals surface area contributed by atoms with E-state index in [-0.39, 0.29) is 24.0 Å². The van der Waals surface area contributed by atoms with E-state index in [0.29, 0.717) is 0 Å². The Kier molecular flexibility index (Phi) is 3.60. The van der Waals surface area contributed by atoms with Gasteiger partial charge in [0.15, 0.2) is 0 Å². The van der Waals surface area contributed by atoms with E-state index >= 15 is 0 Å². The van der Waals surface area contributed by atoms with E-state index in [9.17, 15) is 14.9 Å². The zero-order valence-electron chi connectivity index (χ0n) is 9.22. The molecule has 0 aliphatic carbocycles. The molecule has 0 radical (unpaired) electrons. The van der Waals surface area contributed by atoms with Gasteiger partial charge >= 0.3 is 11.7 Å². The van der Waals surface area contributed by atoms with Crippen LogP contribution in [0.15, 0.2) is 4.52 Å². The summed E-state index contributed by atoms with van der Waals surface area (Å²) < 4.78 is 9.44. The van der Waals surface area contributed by atoms with Gasteiger partial charge in [0.2, 0.25) is 5.76 Å². The fraction of sp³-hybridized carbons (Fsp3) is 0.556. The first-order valence-electron chi connectivity index (χ1n) is 4.80. The number of nitrogens with zero attached hydrogens (tertiary/aromatic N) is 2. The first-order chi connectivity index (χ1) is 7.49. The number of carbonyl (C=O) groups is 1. The molecule has 0 atom stereocenters. The Morgan fingerprint density at radius 1 is 1.62 bits per heavy atom. The van der Waals surface area contributed by atoms with E-state index < -0.39 is 16.6 Å². The molecule has 0 aliphatic rings. The average Bonchev–Trinajstić information content (AvgIpc) is 2.61. The summed E-state index contributed by atoms with van der Waals surface area (Å²) in [7, 11) is 0. The summed E-state index contributed by atoms with van der Waals surface area (Å²) in [4.78, 5) is 21.5. The monoisotopic (exact) mass is 228 g/mol. The molecule has 7 nitrogen and oxygen atoms in total. The van der Waals surface area contributed by atoms with Gasteiger partial charge in [-0.25, -0.2) is 4.79 Å². The molecule has 0 aliphatic heterocycles. The summed E-state index contributed by atoms with van der Waals surface area (Å²) in [5.74, 6) is -0.992. The van der Waals surface area contributed by atoms with Crippen LogP contribution in [0.5, 0.6) is 0 Å². The number of aromatic nitrogens is 1. The summed E-state index contributed by atoms with van der Waals surface area (Å²) in [6.07, 6.45) is 0. The molecule has 7 heteroatoms. The number of rotatable bonds is 4. The van der Waals surface area contributed by atoms with Crippen molar-refractivity contribution in [2.75, 3.05) is 6.61 Å². The zero-order valence-corrected chi connectivity index (χ0v) is 9.22. The lowest BCUT2D eigenvalue weighted by molar-refractivity contribution is -0.386. The number of nitro groups is 1. The lowest BCUT2D eigenvalue weighted by Gasteiger charge is -1.98. The maximum Gasteiger partial charge on any atom is 0.367 e. The van der Waals surface area contributed by atoms with Gasteiger partial charge in [0, 0.05) is 5.92 Å². The first kappa shape index (κ1) is 12.2. The minimum absolute atomic E-state index is 0.0769. The van der Waals surface area contributed by atoms with Crippen molar-refractivity contribution in [3.05, 3.63) is 21.6 Å². The molecule has 0 unspecified atom stereocenters. The van der Waals surface area contributed by atoms with Crippen LogP contribution >= 0.6 is 0 Å². The molecular formula is C9H12N2O5. The van der Waals surface area contributed by atoms with Gasteiger partial charge in [0.25, 0.3) is 5.69 Å². The van der Waals surface area contributed by atoms with Crippen molar-refractivity contribution < 1.29 is 19.0 Å². The Morgan fingerprint density at radius 3 is 2.69 bits per heavy atom. The molecule has 0 aromatic carbocycles. The molecule has 1 aromatic heterocycles. The number of hydrogen-bond donors (Lipinski definition) is 0. The predicted octanol–water partition coefficient (Wildman–Crippen LogP) is 1.88. The molecule has 0 saturated heterocycles.